The normalized spacial score (nSPS) is 11.4. The van der Waals surface area contributed by atoms with Gasteiger partial charge in [0.05, 0.1) is 15.5 Å². The highest BCUT2D eigenvalue weighted by Gasteiger charge is 2.23. The van der Waals surface area contributed by atoms with E-state index in [1.807, 2.05) is 6.07 Å². The molecule has 0 aliphatic heterocycles. The van der Waals surface area contributed by atoms with Gasteiger partial charge in [0, 0.05) is 26.1 Å². The molecule has 0 fully saturated rings. The lowest BCUT2D eigenvalue weighted by atomic mass is 10.2. The molecule has 1 aromatic heterocycles. The lowest BCUT2D eigenvalue weighted by Crippen LogP contribution is -2.30. The van der Waals surface area contributed by atoms with E-state index in [-0.39, 0.29) is 35.0 Å². The fourth-order valence-corrected chi connectivity index (χ4v) is 4.67. The third-order valence-corrected chi connectivity index (χ3v) is 6.98. The molecule has 0 bridgehead atoms. The van der Waals surface area contributed by atoms with Gasteiger partial charge in [0.25, 0.3) is 0 Å². The van der Waals surface area contributed by atoms with Crippen LogP contribution in [0.1, 0.15) is 20.3 Å². The lowest BCUT2D eigenvalue weighted by Gasteiger charge is -2.20. The Morgan fingerprint density at radius 3 is 2.50 bits per heavy atom. The third-order valence-electron chi connectivity index (χ3n) is 4.94. The topological polar surface area (TPSA) is 137 Å². The molecule has 2 aromatic carbocycles. The molecule has 3 rings (SSSR count). The molecular formula is C22H25N5O6S. The van der Waals surface area contributed by atoms with Gasteiger partial charge in [-0.2, -0.15) is 9.40 Å². The molecule has 0 spiro atoms. The van der Waals surface area contributed by atoms with Gasteiger partial charge in [0.1, 0.15) is 18.1 Å². The summed E-state index contributed by atoms with van der Waals surface area (Å²) < 4.78 is 34.4. The molecule has 0 atom stereocenters. The Kier molecular flexibility index (Phi) is 7.97. The Balaban J connectivity index is 1.84. The average molecular weight is 488 g/mol. The summed E-state index contributed by atoms with van der Waals surface area (Å²) in [5.41, 5.74) is 0.0156. The summed E-state index contributed by atoms with van der Waals surface area (Å²) in [7, 11) is -3.76. The largest absolute Gasteiger partial charge is 0.455 e. The number of hydrogen-bond donors (Lipinski definition) is 1. The Hall–Kier alpha value is -3.77. The summed E-state index contributed by atoms with van der Waals surface area (Å²) in [6.45, 7) is 4.20. The Labute approximate surface area is 197 Å². The number of carbonyl (C=O) groups excluding carboxylic acids is 1. The van der Waals surface area contributed by atoms with Crippen molar-refractivity contribution >= 4 is 27.3 Å². The second kappa shape index (κ2) is 10.9. The van der Waals surface area contributed by atoms with Crippen LogP contribution in [-0.4, -0.2) is 46.4 Å². The summed E-state index contributed by atoms with van der Waals surface area (Å²) in [6, 6.07) is 13.2. The number of amides is 1. The van der Waals surface area contributed by atoms with Crippen molar-refractivity contribution in [1.82, 2.24) is 14.1 Å². The van der Waals surface area contributed by atoms with Crippen molar-refractivity contribution in [3.8, 4) is 11.5 Å². The van der Waals surface area contributed by atoms with E-state index in [9.17, 15) is 23.3 Å². The van der Waals surface area contributed by atoms with Gasteiger partial charge < -0.3 is 10.1 Å². The summed E-state index contributed by atoms with van der Waals surface area (Å²) >= 11 is 0. The van der Waals surface area contributed by atoms with E-state index in [1.165, 1.54) is 33.4 Å². The van der Waals surface area contributed by atoms with Gasteiger partial charge >= 0.3 is 5.69 Å². The number of nitrogens with one attached hydrogen (secondary N) is 1. The van der Waals surface area contributed by atoms with Gasteiger partial charge in [-0.15, -0.1) is 0 Å². The van der Waals surface area contributed by atoms with Gasteiger partial charge in [-0.25, -0.2) is 8.42 Å². The molecule has 1 heterocycles. The van der Waals surface area contributed by atoms with Crippen LogP contribution < -0.4 is 10.1 Å². The highest BCUT2D eigenvalue weighted by atomic mass is 32.2. The quantitative estimate of drug-likeness (QED) is 0.322. The maximum atomic E-state index is 13.0. The zero-order valence-electron chi connectivity index (χ0n) is 18.7. The minimum Gasteiger partial charge on any atom is -0.455 e. The number of hydrogen-bond acceptors (Lipinski definition) is 7. The molecule has 0 aliphatic rings. The number of carbonyl (C=O) groups is 1. The summed E-state index contributed by atoms with van der Waals surface area (Å²) in [5.74, 6) is 0.349. The van der Waals surface area contributed by atoms with Crippen molar-refractivity contribution in [3.05, 3.63) is 71.0 Å². The van der Waals surface area contributed by atoms with Crippen molar-refractivity contribution in [1.29, 1.82) is 0 Å². The van der Waals surface area contributed by atoms with Gasteiger partial charge in [-0.3, -0.25) is 19.6 Å². The van der Waals surface area contributed by atoms with Crippen LogP contribution in [0.3, 0.4) is 0 Å². The van der Waals surface area contributed by atoms with Crippen LogP contribution in [0.15, 0.2) is 65.8 Å². The minimum atomic E-state index is -3.76. The van der Waals surface area contributed by atoms with Crippen molar-refractivity contribution < 1.29 is 22.9 Å². The van der Waals surface area contributed by atoms with Gasteiger partial charge in [0.2, 0.25) is 15.9 Å². The van der Waals surface area contributed by atoms with E-state index < -0.39 is 20.9 Å². The lowest BCUT2D eigenvalue weighted by molar-refractivity contribution is -0.385. The number of ether oxygens (including phenoxy) is 1. The van der Waals surface area contributed by atoms with Crippen molar-refractivity contribution in [3.63, 3.8) is 0 Å². The second-order valence-electron chi connectivity index (χ2n) is 7.18. The molecule has 1 N–H and O–H groups in total. The number of rotatable bonds is 11. The highest BCUT2D eigenvalue weighted by Crippen LogP contribution is 2.33. The number of sulfonamides is 1. The average Bonchev–Trinajstić information content (AvgIpc) is 3.30. The van der Waals surface area contributed by atoms with E-state index in [0.717, 1.165) is 6.20 Å². The summed E-state index contributed by atoms with van der Waals surface area (Å²) in [6.07, 6.45) is 2.29. The molecule has 0 saturated heterocycles. The summed E-state index contributed by atoms with van der Waals surface area (Å²) in [5, 5.41) is 17.3. The van der Waals surface area contributed by atoms with E-state index in [1.54, 1.807) is 38.1 Å². The van der Waals surface area contributed by atoms with Crippen LogP contribution in [0.2, 0.25) is 0 Å². The molecule has 34 heavy (non-hydrogen) atoms. The van der Waals surface area contributed by atoms with Crippen molar-refractivity contribution in [2.75, 3.05) is 18.4 Å². The SMILES string of the molecule is CCN(CC)S(=O)(=O)c1ccc(Oc2ccccc2)c(NC(=O)CCn2cc([N+](=O)[O-])cn2)c1. The first-order valence-electron chi connectivity index (χ1n) is 10.6. The smallest absolute Gasteiger partial charge is 0.306 e. The van der Waals surface area contributed by atoms with Crippen LogP contribution in [0.25, 0.3) is 0 Å². The van der Waals surface area contributed by atoms with E-state index in [0.29, 0.717) is 18.8 Å². The van der Waals surface area contributed by atoms with Crippen LogP contribution in [0.4, 0.5) is 11.4 Å². The molecule has 0 radical (unpaired) electrons. The number of nitrogens with zero attached hydrogens (tertiary/aromatic N) is 4. The first-order valence-corrected chi connectivity index (χ1v) is 12.0. The van der Waals surface area contributed by atoms with Crippen LogP contribution in [-0.2, 0) is 21.4 Å². The number of benzene rings is 2. The van der Waals surface area contributed by atoms with Crippen molar-refractivity contribution in [2.45, 2.75) is 31.7 Å². The maximum Gasteiger partial charge on any atom is 0.306 e. The maximum absolute atomic E-state index is 13.0. The number of anilines is 1. The second-order valence-corrected chi connectivity index (χ2v) is 9.12. The van der Waals surface area contributed by atoms with Crippen LogP contribution in [0, 0.1) is 10.1 Å². The molecule has 0 aliphatic carbocycles. The Morgan fingerprint density at radius 2 is 1.88 bits per heavy atom. The molecule has 12 heteroatoms. The molecular weight excluding hydrogens is 462 g/mol. The van der Waals surface area contributed by atoms with Crippen LogP contribution in [0.5, 0.6) is 11.5 Å². The van der Waals surface area contributed by atoms with E-state index in [2.05, 4.69) is 10.4 Å². The molecule has 1 amide bonds. The van der Waals surface area contributed by atoms with Gasteiger partial charge in [0.15, 0.2) is 5.75 Å². The number of aryl methyl sites for hydroxylation is 1. The molecule has 0 unspecified atom stereocenters. The number of nitro groups is 1. The molecule has 0 saturated carbocycles. The molecule has 3 aromatic rings. The summed E-state index contributed by atoms with van der Waals surface area (Å²) in [4.78, 5) is 22.9. The van der Waals surface area contributed by atoms with Crippen LogP contribution >= 0.6 is 0 Å². The zero-order valence-corrected chi connectivity index (χ0v) is 19.6. The molecule has 180 valence electrons. The van der Waals surface area contributed by atoms with E-state index in [4.69, 9.17) is 4.74 Å². The third kappa shape index (κ3) is 5.97. The highest BCUT2D eigenvalue weighted by molar-refractivity contribution is 7.89. The van der Waals surface area contributed by atoms with Gasteiger partial charge in [-0.1, -0.05) is 32.0 Å². The number of aromatic nitrogens is 2. The first kappa shape index (κ1) is 24.9. The standard InChI is InChI=1S/C22H25N5O6S/c1-3-26(4-2)34(31,32)19-10-11-21(33-18-8-6-5-7-9-18)20(14-19)24-22(28)12-13-25-16-17(15-23-25)27(29)30/h5-11,14-16H,3-4,12-13H2,1-2H3,(H,24,28). The fourth-order valence-electron chi connectivity index (χ4n) is 3.18. The molecule has 11 nitrogen and oxygen atoms in total. The Bertz CT molecular complexity index is 1260. The van der Waals surface area contributed by atoms with E-state index >= 15 is 0 Å². The number of para-hydroxylation sites is 1. The predicted octanol–water partition coefficient (Wildman–Crippen LogP) is 3.64. The fraction of sp³-hybridized carbons (Fsp3) is 0.273. The Morgan fingerprint density at radius 1 is 1.18 bits per heavy atom. The first-order chi connectivity index (χ1) is 16.2. The van der Waals surface area contributed by atoms with Crippen molar-refractivity contribution in [2.24, 2.45) is 0 Å². The monoisotopic (exact) mass is 487 g/mol. The van der Waals surface area contributed by atoms with Gasteiger partial charge in [-0.05, 0) is 30.3 Å². The zero-order chi connectivity index (χ0) is 24.7. The predicted molar refractivity (Wildman–Crippen MR) is 125 cm³/mol. The minimum absolute atomic E-state index is 0.0228.